The van der Waals surface area contributed by atoms with Gasteiger partial charge in [0.05, 0.1) is 16.3 Å². The predicted octanol–water partition coefficient (Wildman–Crippen LogP) is 3.58. The summed E-state index contributed by atoms with van der Waals surface area (Å²) < 4.78 is 0. The van der Waals surface area contributed by atoms with Gasteiger partial charge in [0.25, 0.3) is 5.69 Å². The number of benzene rings is 1. The number of nitro groups is 1. The highest BCUT2D eigenvalue weighted by Crippen LogP contribution is 2.31. The molecule has 1 saturated heterocycles. The molecule has 0 spiro atoms. The molecule has 110 valence electrons. The van der Waals surface area contributed by atoms with E-state index in [0.29, 0.717) is 5.69 Å². The zero-order chi connectivity index (χ0) is 14.5. The first-order chi connectivity index (χ1) is 9.61. The lowest BCUT2D eigenvalue weighted by Gasteiger charge is -2.24. The zero-order valence-electron chi connectivity index (χ0n) is 12.0. The van der Waals surface area contributed by atoms with Crippen LogP contribution in [0, 0.1) is 16.0 Å². The monoisotopic (exact) mass is 277 g/mol. The van der Waals surface area contributed by atoms with Gasteiger partial charge in [-0.05, 0) is 31.2 Å². The van der Waals surface area contributed by atoms with Crippen molar-refractivity contribution in [3.8, 4) is 0 Å². The fraction of sp³-hybridized carbons (Fsp3) is 0.600. The summed E-state index contributed by atoms with van der Waals surface area (Å²) in [6.07, 6.45) is 6.16. The summed E-state index contributed by atoms with van der Waals surface area (Å²) in [5.74, 6) is 0.810. The molecule has 1 atom stereocenters. The van der Waals surface area contributed by atoms with E-state index in [1.165, 1.54) is 38.2 Å². The van der Waals surface area contributed by atoms with Gasteiger partial charge in [-0.15, -0.1) is 0 Å². The van der Waals surface area contributed by atoms with Crippen LogP contribution >= 0.6 is 0 Å². The molecule has 1 fully saturated rings. The Bertz CT molecular complexity index is 476. The molecule has 1 aromatic carbocycles. The predicted molar refractivity (Wildman–Crippen MR) is 82.0 cm³/mol. The first-order valence-electron chi connectivity index (χ1n) is 7.40. The van der Waals surface area contributed by atoms with Gasteiger partial charge in [0.2, 0.25) is 0 Å². The van der Waals surface area contributed by atoms with Gasteiger partial charge < -0.3 is 10.6 Å². The minimum atomic E-state index is -0.403. The van der Waals surface area contributed by atoms with Crippen molar-refractivity contribution in [2.24, 2.45) is 5.92 Å². The van der Waals surface area contributed by atoms with E-state index in [-0.39, 0.29) is 5.69 Å². The van der Waals surface area contributed by atoms with Gasteiger partial charge in [0.15, 0.2) is 0 Å². The molecule has 1 aromatic rings. The second kappa shape index (κ2) is 6.59. The van der Waals surface area contributed by atoms with Gasteiger partial charge in [-0.3, -0.25) is 10.1 Å². The van der Waals surface area contributed by atoms with Crippen molar-refractivity contribution in [3.63, 3.8) is 0 Å². The molecular formula is C15H23N3O2. The van der Waals surface area contributed by atoms with Crippen LogP contribution in [0.5, 0.6) is 0 Å². The molecule has 1 aliphatic heterocycles. The SMILES string of the molecule is CCCC1CCCN(c2ccc([N+](=O)[O-])cc2N)CC1. The average molecular weight is 277 g/mol. The van der Waals surface area contributed by atoms with Crippen LogP contribution in [0.4, 0.5) is 17.1 Å². The molecule has 1 heterocycles. The van der Waals surface area contributed by atoms with Gasteiger partial charge in [-0.25, -0.2) is 0 Å². The smallest absolute Gasteiger partial charge is 0.271 e. The number of nitro benzene ring substituents is 1. The standard InChI is InChI=1S/C15H23N3O2/c1-2-4-12-5-3-9-17(10-8-12)15-7-6-13(18(19)20)11-14(15)16/h6-7,11-12H,2-5,8-10,16H2,1H3. The van der Waals surface area contributed by atoms with Crippen LogP contribution in [0.2, 0.25) is 0 Å². The van der Waals surface area contributed by atoms with Crippen molar-refractivity contribution in [2.75, 3.05) is 23.7 Å². The number of hydrogen-bond acceptors (Lipinski definition) is 4. The van der Waals surface area contributed by atoms with E-state index >= 15 is 0 Å². The van der Waals surface area contributed by atoms with Crippen molar-refractivity contribution in [3.05, 3.63) is 28.3 Å². The third kappa shape index (κ3) is 3.40. The molecule has 5 heteroatoms. The first-order valence-corrected chi connectivity index (χ1v) is 7.40. The van der Waals surface area contributed by atoms with Crippen molar-refractivity contribution in [2.45, 2.75) is 39.0 Å². The number of nitrogen functional groups attached to an aromatic ring is 1. The Kier molecular flexibility index (Phi) is 4.82. The quantitative estimate of drug-likeness (QED) is 0.518. The maximum absolute atomic E-state index is 10.7. The number of anilines is 2. The van der Waals surface area contributed by atoms with Gasteiger partial charge in [0, 0.05) is 25.2 Å². The zero-order valence-corrected chi connectivity index (χ0v) is 12.0. The van der Waals surface area contributed by atoms with E-state index < -0.39 is 4.92 Å². The number of hydrogen-bond donors (Lipinski definition) is 1. The van der Waals surface area contributed by atoms with Crippen LogP contribution in [0.15, 0.2) is 18.2 Å². The van der Waals surface area contributed by atoms with Gasteiger partial charge in [-0.2, -0.15) is 0 Å². The Morgan fingerprint density at radius 1 is 1.40 bits per heavy atom. The maximum Gasteiger partial charge on any atom is 0.271 e. The minimum Gasteiger partial charge on any atom is -0.397 e. The second-order valence-electron chi connectivity index (χ2n) is 5.57. The third-order valence-corrected chi connectivity index (χ3v) is 4.11. The van der Waals surface area contributed by atoms with E-state index in [4.69, 9.17) is 5.73 Å². The summed E-state index contributed by atoms with van der Waals surface area (Å²) in [5.41, 5.74) is 7.49. The Morgan fingerprint density at radius 3 is 2.85 bits per heavy atom. The van der Waals surface area contributed by atoms with Crippen LogP contribution < -0.4 is 10.6 Å². The molecule has 1 aliphatic rings. The molecule has 0 bridgehead atoms. The maximum atomic E-state index is 10.7. The van der Waals surface area contributed by atoms with Crippen molar-refractivity contribution in [1.29, 1.82) is 0 Å². The molecule has 1 unspecified atom stereocenters. The van der Waals surface area contributed by atoms with E-state index in [2.05, 4.69) is 11.8 Å². The molecule has 0 saturated carbocycles. The van der Waals surface area contributed by atoms with E-state index in [0.717, 1.165) is 24.7 Å². The van der Waals surface area contributed by atoms with Crippen molar-refractivity contribution >= 4 is 17.1 Å². The lowest BCUT2D eigenvalue weighted by molar-refractivity contribution is -0.384. The van der Waals surface area contributed by atoms with Crippen LogP contribution in [0.25, 0.3) is 0 Å². The minimum absolute atomic E-state index is 0.0601. The van der Waals surface area contributed by atoms with Crippen LogP contribution in [-0.4, -0.2) is 18.0 Å². The molecule has 0 aromatic heterocycles. The summed E-state index contributed by atoms with van der Waals surface area (Å²) in [5, 5.41) is 10.7. The van der Waals surface area contributed by atoms with E-state index in [1.807, 2.05) is 0 Å². The highest BCUT2D eigenvalue weighted by atomic mass is 16.6. The Morgan fingerprint density at radius 2 is 2.20 bits per heavy atom. The summed E-state index contributed by atoms with van der Waals surface area (Å²) in [4.78, 5) is 12.6. The number of non-ortho nitro benzene ring substituents is 1. The molecular weight excluding hydrogens is 254 g/mol. The number of nitrogens with two attached hydrogens (primary N) is 1. The fourth-order valence-corrected chi connectivity index (χ4v) is 3.05. The molecule has 0 amide bonds. The molecule has 0 aliphatic carbocycles. The summed E-state index contributed by atoms with van der Waals surface area (Å²) in [7, 11) is 0. The second-order valence-corrected chi connectivity index (χ2v) is 5.57. The molecule has 0 radical (unpaired) electrons. The fourth-order valence-electron chi connectivity index (χ4n) is 3.05. The lowest BCUT2D eigenvalue weighted by atomic mass is 9.96. The van der Waals surface area contributed by atoms with Gasteiger partial charge in [-0.1, -0.05) is 19.8 Å². The van der Waals surface area contributed by atoms with E-state index in [1.54, 1.807) is 12.1 Å². The summed E-state index contributed by atoms with van der Waals surface area (Å²) in [6, 6.07) is 4.79. The summed E-state index contributed by atoms with van der Waals surface area (Å²) >= 11 is 0. The largest absolute Gasteiger partial charge is 0.397 e. The molecule has 20 heavy (non-hydrogen) atoms. The Balaban J connectivity index is 2.09. The topological polar surface area (TPSA) is 72.4 Å². The average Bonchev–Trinajstić information content (AvgIpc) is 2.65. The summed E-state index contributed by atoms with van der Waals surface area (Å²) in [6.45, 7) is 4.21. The van der Waals surface area contributed by atoms with Gasteiger partial charge >= 0.3 is 0 Å². The Hall–Kier alpha value is -1.78. The molecule has 2 N–H and O–H groups in total. The highest BCUT2D eigenvalue weighted by Gasteiger charge is 2.19. The van der Waals surface area contributed by atoms with Crippen LogP contribution in [0.1, 0.15) is 39.0 Å². The number of rotatable bonds is 4. The molecule has 2 rings (SSSR count). The van der Waals surface area contributed by atoms with Crippen LogP contribution in [0.3, 0.4) is 0 Å². The number of nitrogens with zero attached hydrogens (tertiary/aromatic N) is 2. The van der Waals surface area contributed by atoms with Crippen molar-refractivity contribution in [1.82, 2.24) is 0 Å². The highest BCUT2D eigenvalue weighted by molar-refractivity contribution is 5.70. The van der Waals surface area contributed by atoms with Gasteiger partial charge in [0.1, 0.15) is 0 Å². The molecule has 5 nitrogen and oxygen atoms in total. The normalized spacial score (nSPS) is 19.6. The van der Waals surface area contributed by atoms with E-state index in [9.17, 15) is 10.1 Å². The third-order valence-electron chi connectivity index (χ3n) is 4.11. The lowest BCUT2D eigenvalue weighted by Crippen LogP contribution is -2.25. The first kappa shape index (κ1) is 14.6. The Labute approximate surface area is 119 Å². The van der Waals surface area contributed by atoms with Crippen molar-refractivity contribution < 1.29 is 4.92 Å². The van der Waals surface area contributed by atoms with Crippen LogP contribution in [-0.2, 0) is 0 Å².